The maximum Gasteiger partial charge on any atom is 0.167 e. The van der Waals surface area contributed by atoms with Crippen LogP contribution in [0.1, 0.15) is 0 Å². The maximum atomic E-state index is 6.89. The first kappa shape index (κ1) is 31.9. The minimum Gasteiger partial charge on any atom is -0.455 e. The summed E-state index contributed by atoms with van der Waals surface area (Å²) in [5.41, 5.74) is 9.92. The van der Waals surface area contributed by atoms with Crippen LogP contribution in [0.4, 0.5) is 0 Å². The fraction of sp³-hybridized carbons (Fsp3) is 0. The van der Waals surface area contributed by atoms with Gasteiger partial charge in [0.05, 0.1) is 16.6 Å². The fourth-order valence-corrected chi connectivity index (χ4v) is 9.57. The van der Waals surface area contributed by atoms with Crippen molar-refractivity contribution in [1.29, 1.82) is 0 Å². The van der Waals surface area contributed by atoms with Crippen LogP contribution in [0.2, 0.25) is 0 Å². The summed E-state index contributed by atoms with van der Waals surface area (Å²) in [5, 5.41) is 6.79. The highest BCUT2D eigenvalue weighted by Gasteiger charge is 2.21. The van der Waals surface area contributed by atoms with Gasteiger partial charge in [0.2, 0.25) is 0 Å². The average molecular weight is 747 g/mol. The molecular formula is C51H30N4OS. The van der Waals surface area contributed by atoms with Crippen LogP contribution < -0.4 is 0 Å². The van der Waals surface area contributed by atoms with E-state index in [2.05, 4.69) is 180 Å². The number of furan rings is 1. The molecular weight excluding hydrogens is 717 g/mol. The Balaban J connectivity index is 1.09. The predicted octanol–water partition coefficient (Wildman–Crippen LogP) is 13.9. The summed E-state index contributed by atoms with van der Waals surface area (Å²) in [4.78, 5) is 15.7. The number of para-hydroxylation sites is 3. The van der Waals surface area contributed by atoms with E-state index < -0.39 is 0 Å². The predicted molar refractivity (Wildman–Crippen MR) is 236 cm³/mol. The molecule has 4 aromatic heterocycles. The number of rotatable bonds is 5. The SMILES string of the molecule is c1ccc(-c2ccc(-c3nc(-c4cccc5c4oc4cc6c(cc45)c4ccccc4n6-c4ccccc4)nc(-c4cccc5sc6ccccc6c45)n3)cc2)cc1. The van der Waals surface area contributed by atoms with E-state index in [9.17, 15) is 0 Å². The van der Waals surface area contributed by atoms with Crippen LogP contribution in [0, 0.1) is 0 Å². The summed E-state index contributed by atoms with van der Waals surface area (Å²) in [7, 11) is 0. The molecule has 12 aromatic rings. The molecule has 57 heavy (non-hydrogen) atoms. The first-order chi connectivity index (χ1) is 28.2. The third kappa shape index (κ3) is 5.04. The molecule has 6 heteroatoms. The molecule has 0 saturated carbocycles. The zero-order valence-corrected chi connectivity index (χ0v) is 31.2. The third-order valence-corrected chi connectivity index (χ3v) is 12.2. The Morgan fingerprint density at radius 1 is 0.404 bits per heavy atom. The summed E-state index contributed by atoms with van der Waals surface area (Å²) in [6.45, 7) is 0. The van der Waals surface area contributed by atoms with Crippen molar-refractivity contribution >= 4 is 75.3 Å². The van der Waals surface area contributed by atoms with Gasteiger partial charge in [-0.3, -0.25) is 0 Å². The van der Waals surface area contributed by atoms with Crippen LogP contribution in [-0.2, 0) is 0 Å². The first-order valence-corrected chi connectivity index (χ1v) is 19.8. The molecule has 0 aliphatic heterocycles. The molecule has 12 rings (SSSR count). The molecule has 5 nitrogen and oxygen atoms in total. The summed E-state index contributed by atoms with van der Waals surface area (Å²) in [5.74, 6) is 1.79. The second kappa shape index (κ2) is 12.6. The summed E-state index contributed by atoms with van der Waals surface area (Å²) in [6.07, 6.45) is 0. The zero-order chi connectivity index (χ0) is 37.5. The van der Waals surface area contributed by atoms with Gasteiger partial charge < -0.3 is 8.98 Å². The van der Waals surface area contributed by atoms with Crippen molar-refractivity contribution in [3.63, 3.8) is 0 Å². The Morgan fingerprint density at radius 2 is 1.02 bits per heavy atom. The molecule has 266 valence electrons. The van der Waals surface area contributed by atoms with E-state index in [-0.39, 0.29) is 0 Å². The summed E-state index contributed by atoms with van der Waals surface area (Å²) in [6, 6.07) is 63.7. The Labute approximate surface area is 330 Å². The van der Waals surface area contributed by atoms with E-state index in [1.165, 1.54) is 25.6 Å². The minimum absolute atomic E-state index is 0.562. The number of thiophene rings is 1. The zero-order valence-electron chi connectivity index (χ0n) is 30.4. The lowest BCUT2D eigenvalue weighted by molar-refractivity contribution is 0.670. The maximum absolute atomic E-state index is 6.89. The molecule has 0 N–H and O–H groups in total. The molecule has 0 saturated heterocycles. The van der Waals surface area contributed by atoms with Crippen molar-refractivity contribution < 1.29 is 4.42 Å². The summed E-state index contributed by atoms with van der Waals surface area (Å²) >= 11 is 1.79. The van der Waals surface area contributed by atoms with Crippen LogP contribution in [0.5, 0.6) is 0 Å². The monoisotopic (exact) mass is 746 g/mol. The number of nitrogens with zero attached hydrogens (tertiary/aromatic N) is 4. The molecule has 0 bridgehead atoms. The topological polar surface area (TPSA) is 56.7 Å². The lowest BCUT2D eigenvalue weighted by Gasteiger charge is -2.10. The molecule has 0 aliphatic carbocycles. The van der Waals surface area contributed by atoms with Crippen molar-refractivity contribution in [3.05, 3.63) is 182 Å². The highest BCUT2D eigenvalue weighted by Crippen LogP contribution is 2.42. The van der Waals surface area contributed by atoms with Crippen molar-refractivity contribution in [2.24, 2.45) is 0 Å². The van der Waals surface area contributed by atoms with Gasteiger partial charge in [-0.1, -0.05) is 133 Å². The number of benzene rings is 8. The van der Waals surface area contributed by atoms with Gasteiger partial charge in [-0.05, 0) is 53.6 Å². The molecule has 0 radical (unpaired) electrons. The average Bonchev–Trinajstić information content (AvgIpc) is 3.95. The Hall–Kier alpha value is -7.41. The number of hydrogen-bond donors (Lipinski definition) is 0. The largest absolute Gasteiger partial charge is 0.455 e. The van der Waals surface area contributed by atoms with Crippen molar-refractivity contribution in [2.45, 2.75) is 0 Å². The number of hydrogen-bond acceptors (Lipinski definition) is 5. The van der Waals surface area contributed by atoms with Gasteiger partial charge in [0, 0.05) is 64.6 Å². The molecule has 4 heterocycles. The normalized spacial score (nSPS) is 11.9. The van der Waals surface area contributed by atoms with E-state index in [0.717, 1.165) is 71.9 Å². The van der Waals surface area contributed by atoms with Crippen LogP contribution in [-0.4, -0.2) is 19.5 Å². The third-order valence-electron chi connectivity index (χ3n) is 11.1. The minimum atomic E-state index is 0.562. The lowest BCUT2D eigenvalue weighted by Crippen LogP contribution is -2.00. The quantitative estimate of drug-likeness (QED) is 0.176. The van der Waals surface area contributed by atoms with Crippen LogP contribution in [0.25, 0.3) is 115 Å². The molecule has 0 unspecified atom stereocenters. The Morgan fingerprint density at radius 3 is 1.86 bits per heavy atom. The fourth-order valence-electron chi connectivity index (χ4n) is 8.44. The van der Waals surface area contributed by atoms with Crippen LogP contribution in [0.15, 0.2) is 186 Å². The molecule has 8 aromatic carbocycles. The van der Waals surface area contributed by atoms with E-state index in [4.69, 9.17) is 19.4 Å². The van der Waals surface area contributed by atoms with E-state index >= 15 is 0 Å². The number of aromatic nitrogens is 4. The molecule has 0 fully saturated rings. The van der Waals surface area contributed by atoms with Gasteiger partial charge in [0.15, 0.2) is 17.5 Å². The van der Waals surface area contributed by atoms with Crippen LogP contribution >= 0.6 is 11.3 Å². The molecule has 0 spiro atoms. The molecule has 0 aliphatic rings. The first-order valence-electron chi connectivity index (χ1n) is 19.0. The molecule has 0 atom stereocenters. The van der Waals surface area contributed by atoms with Crippen molar-refractivity contribution in [2.75, 3.05) is 0 Å². The van der Waals surface area contributed by atoms with E-state index in [0.29, 0.717) is 17.5 Å². The van der Waals surface area contributed by atoms with Crippen molar-refractivity contribution in [1.82, 2.24) is 19.5 Å². The van der Waals surface area contributed by atoms with E-state index in [1.807, 2.05) is 6.07 Å². The van der Waals surface area contributed by atoms with Gasteiger partial charge in [-0.2, -0.15) is 0 Å². The second-order valence-electron chi connectivity index (χ2n) is 14.4. The van der Waals surface area contributed by atoms with Gasteiger partial charge in [0.25, 0.3) is 0 Å². The second-order valence-corrected chi connectivity index (χ2v) is 15.4. The van der Waals surface area contributed by atoms with Gasteiger partial charge >= 0.3 is 0 Å². The van der Waals surface area contributed by atoms with Crippen molar-refractivity contribution in [3.8, 4) is 51.0 Å². The highest BCUT2D eigenvalue weighted by atomic mass is 32.1. The Bertz CT molecular complexity index is 3510. The van der Waals surface area contributed by atoms with Crippen LogP contribution in [0.3, 0.4) is 0 Å². The molecule has 0 amide bonds. The van der Waals surface area contributed by atoms with Gasteiger partial charge in [0.1, 0.15) is 11.2 Å². The standard InChI is InChI=1S/C51H30N4OS/c1-3-13-31(14-4-1)32-25-27-33(28-26-32)49-52-50(38-20-12-24-46-47(38)37-18-8-10-23-45(37)57-46)54-51(53-49)39-21-11-19-36-41-29-40-35-17-7-9-22-42(35)55(34-15-5-2-6-16-34)43(40)30-44(41)56-48(36)39/h1-30H. The lowest BCUT2D eigenvalue weighted by atomic mass is 10.0. The number of fused-ring (bicyclic) bond motifs is 9. The summed E-state index contributed by atoms with van der Waals surface area (Å²) < 4.78 is 11.6. The smallest absolute Gasteiger partial charge is 0.167 e. The van der Waals surface area contributed by atoms with E-state index in [1.54, 1.807) is 11.3 Å². The van der Waals surface area contributed by atoms with Gasteiger partial charge in [-0.15, -0.1) is 11.3 Å². The highest BCUT2D eigenvalue weighted by molar-refractivity contribution is 7.25. The Kier molecular flexibility index (Phi) is 7.03. The van der Waals surface area contributed by atoms with Gasteiger partial charge in [-0.25, -0.2) is 15.0 Å².